The molecule has 0 aliphatic carbocycles. The van der Waals surface area contributed by atoms with Crippen molar-refractivity contribution in [2.24, 2.45) is 5.92 Å². The van der Waals surface area contributed by atoms with Crippen molar-refractivity contribution in [3.8, 4) is 11.5 Å². The number of likely N-dealkylation sites (tertiary alicyclic amines) is 1. The Morgan fingerprint density at radius 3 is 2.73 bits per heavy atom. The number of benzene rings is 2. The van der Waals surface area contributed by atoms with Crippen LogP contribution < -0.4 is 9.47 Å². The monoisotopic (exact) mass is 353 g/mol. The topological polar surface area (TPSA) is 48.0 Å². The van der Waals surface area contributed by atoms with E-state index in [2.05, 4.69) is 0 Å². The molecule has 0 bridgehead atoms. The maximum Gasteiger partial charge on any atom is 0.229 e. The van der Waals surface area contributed by atoms with Crippen LogP contribution in [0.1, 0.15) is 11.1 Å². The Balaban J connectivity index is 1.28. The van der Waals surface area contributed by atoms with Crippen LogP contribution in [0.5, 0.6) is 11.5 Å². The van der Waals surface area contributed by atoms with E-state index in [0.717, 1.165) is 22.6 Å². The van der Waals surface area contributed by atoms with Gasteiger partial charge in [0.25, 0.3) is 0 Å². The molecule has 0 spiro atoms. The van der Waals surface area contributed by atoms with Crippen molar-refractivity contribution in [1.29, 1.82) is 0 Å². The number of amides is 1. The average molecular weight is 353 g/mol. The van der Waals surface area contributed by atoms with Crippen molar-refractivity contribution in [3.05, 3.63) is 59.7 Å². The van der Waals surface area contributed by atoms with Crippen LogP contribution >= 0.6 is 0 Å². The van der Waals surface area contributed by atoms with Gasteiger partial charge in [-0.15, -0.1) is 0 Å². The lowest BCUT2D eigenvalue weighted by atomic mass is 9.94. The molecule has 2 aromatic carbocycles. The van der Waals surface area contributed by atoms with E-state index in [9.17, 15) is 4.79 Å². The first-order chi connectivity index (χ1) is 12.7. The number of hydrogen-bond acceptors (Lipinski definition) is 4. The first-order valence-corrected chi connectivity index (χ1v) is 8.97. The van der Waals surface area contributed by atoms with Crippen LogP contribution in [-0.4, -0.2) is 43.7 Å². The van der Waals surface area contributed by atoms with Gasteiger partial charge in [-0.05, 0) is 23.6 Å². The fourth-order valence-electron chi connectivity index (χ4n) is 3.48. The lowest BCUT2D eigenvalue weighted by Crippen LogP contribution is -2.57. The molecule has 0 N–H and O–H groups in total. The van der Waals surface area contributed by atoms with Crippen molar-refractivity contribution in [1.82, 2.24) is 4.90 Å². The van der Waals surface area contributed by atoms with E-state index in [0.29, 0.717) is 32.7 Å². The zero-order chi connectivity index (χ0) is 17.9. The lowest BCUT2D eigenvalue weighted by molar-refractivity contribution is -0.151. The minimum Gasteiger partial charge on any atom is -0.493 e. The molecular weight excluding hydrogens is 330 g/mol. The number of hydrogen-bond donors (Lipinski definition) is 0. The molecule has 0 unspecified atom stereocenters. The molecule has 1 atom stereocenters. The SMILES string of the molecule is COc1cccc2c1OC[C@H](C(=O)N1CC(OCc3ccccc3)C1)C2. The number of nitrogens with zero attached hydrogens (tertiary/aromatic N) is 1. The highest BCUT2D eigenvalue weighted by atomic mass is 16.5. The Labute approximate surface area is 153 Å². The highest BCUT2D eigenvalue weighted by molar-refractivity contribution is 5.80. The third kappa shape index (κ3) is 3.40. The van der Waals surface area contributed by atoms with E-state index in [1.807, 2.05) is 53.4 Å². The molecule has 1 amide bonds. The van der Waals surface area contributed by atoms with Gasteiger partial charge < -0.3 is 19.1 Å². The number of methoxy groups -OCH3 is 1. The average Bonchev–Trinajstić information content (AvgIpc) is 2.66. The number of para-hydroxylation sites is 1. The molecule has 1 saturated heterocycles. The molecule has 136 valence electrons. The van der Waals surface area contributed by atoms with Gasteiger partial charge in [-0.3, -0.25) is 4.79 Å². The molecular formula is C21H23NO4. The second-order valence-electron chi connectivity index (χ2n) is 6.82. The molecule has 2 heterocycles. The Bertz CT molecular complexity index is 771. The minimum absolute atomic E-state index is 0.121. The van der Waals surface area contributed by atoms with Gasteiger partial charge in [0.2, 0.25) is 5.91 Å². The fraction of sp³-hybridized carbons (Fsp3) is 0.381. The zero-order valence-electron chi connectivity index (χ0n) is 14.9. The van der Waals surface area contributed by atoms with Crippen LogP contribution in [0.4, 0.5) is 0 Å². The molecule has 2 aliphatic heterocycles. The molecule has 5 nitrogen and oxygen atoms in total. The van der Waals surface area contributed by atoms with E-state index < -0.39 is 0 Å². The van der Waals surface area contributed by atoms with Crippen molar-refractivity contribution in [3.63, 3.8) is 0 Å². The van der Waals surface area contributed by atoms with Gasteiger partial charge in [0, 0.05) is 13.1 Å². The fourth-order valence-corrected chi connectivity index (χ4v) is 3.48. The zero-order valence-corrected chi connectivity index (χ0v) is 14.9. The number of fused-ring (bicyclic) bond motifs is 1. The normalized spacial score (nSPS) is 19.3. The largest absolute Gasteiger partial charge is 0.493 e. The van der Waals surface area contributed by atoms with Gasteiger partial charge in [-0.25, -0.2) is 0 Å². The summed E-state index contributed by atoms with van der Waals surface area (Å²) in [4.78, 5) is 14.6. The summed E-state index contributed by atoms with van der Waals surface area (Å²) in [6.45, 7) is 2.31. The summed E-state index contributed by atoms with van der Waals surface area (Å²) in [7, 11) is 1.63. The molecule has 2 aromatic rings. The summed E-state index contributed by atoms with van der Waals surface area (Å²) >= 11 is 0. The van der Waals surface area contributed by atoms with E-state index in [1.165, 1.54) is 0 Å². The summed E-state index contributed by atoms with van der Waals surface area (Å²) in [5.41, 5.74) is 2.19. The summed E-state index contributed by atoms with van der Waals surface area (Å²) in [6, 6.07) is 15.9. The van der Waals surface area contributed by atoms with Crippen LogP contribution in [0.25, 0.3) is 0 Å². The maximum atomic E-state index is 12.7. The second-order valence-corrected chi connectivity index (χ2v) is 6.82. The molecule has 0 aromatic heterocycles. The van der Waals surface area contributed by atoms with E-state index in [4.69, 9.17) is 14.2 Å². The third-order valence-corrected chi connectivity index (χ3v) is 5.01. The molecule has 2 aliphatic rings. The molecule has 5 heteroatoms. The quantitative estimate of drug-likeness (QED) is 0.829. The van der Waals surface area contributed by atoms with Crippen molar-refractivity contribution >= 4 is 5.91 Å². The predicted molar refractivity (Wildman–Crippen MR) is 97.3 cm³/mol. The first-order valence-electron chi connectivity index (χ1n) is 8.97. The van der Waals surface area contributed by atoms with Crippen LogP contribution in [0.15, 0.2) is 48.5 Å². The van der Waals surface area contributed by atoms with Crippen LogP contribution in [0.3, 0.4) is 0 Å². The van der Waals surface area contributed by atoms with Gasteiger partial charge >= 0.3 is 0 Å². The molecule has 0 radical (unpaired) electrons. The third-order valence-electron chi connectivity index (χ3n) is 5.01. The van der Waals surface area contributed by atoms with Gasteiger partial charge in [0.1, 0.15) is 6.61 Å². The summed E-state index contributed by atoms with van der Waals surface area (Å²) < 4.78 is 17.0. The Morgan fingerprint density at radius 1 is 1.15 bits per heavy atom. The molecule has 26 heavy (non-hydrogen) atoms. The van der Waals surface area contributed by atoms with Gasteiger partial charge in [-0.2, -0.15) is 0 Å². The number of carbonyl (C=O) groups excluding carboxylic acids is 1. The van der Waals surface area contributed by atoms with Crippen molar-refractivity contribution < 1.29 is 19.0 Å². The minimum atomic E-state index is -0.135. The Morgan fingerprint density at radius 2 is 1.96 bits per heavy atom. The maximum absolute atomic E-state index is 12.7. The predicted octanol–water partition coefficient (Wildman–Crippen LogP) is 2.67. The van der Waals surface area contributed by atoms with E-state index in [1.54, 1.807) is 7.11 Å². The smallest absolute Gasteiger partial charge is 0.229 e. The molecule has 4 rings (SSSR count). The van der Waals surface area contributed by atoms with Gasteiger partial charge in [-0.1, -0.05) is 42.5 Å². The Kier molecular flexibility index (Phi) is 4.80. The van der Waals surface area contributed by atoms with Crippen molar-refractivity contribution in [2.75, 3.05) is 26.8 Å². The van der Waals surface area contributed by atoms with Crippen molar-refractivity contribution in [2.45, 2.75) is 19.1 Å². The number of rotatable bonds is 5. The standard InChI is InChI=1S/C21H23NO4/c1-24-19-9-5-8-16-10-17(14-26-20(16)19)21(23)22-11-18(12-22)25-13-15-6-3-2-4-7-15/h2-9,17-18H,10-14H2,1H3/t17-/m1/s1. The summed E-state index contributed by atoms with van der Waals surface area (Å²) in [6.07, 6.45) is 0.813. The second kappa shape index (κ2) is 7.38. The highest BCUT2D eigenvalue weighted by Gasteiger charge is 2.37. The number of carbonyl (C=O) groups is 1. The van der Waals surface area contributed by atoms with E-state index >= 15 is 0 Å². The number of ether oxygens (including phenoxy) is 3. The van der Waals surface area contributed by atoms with Crippen LogP contribution in [0.2, 0.25) is 0 Å². The first kappa shape index (κ1) is 16.9. The van der Waals surface area contributed by atoms with Gasteiger partial charge in [0.05, 0.1) is 25.7 Å². The molecule has 0 saturated carbocycles. The van der Waals surface area contributed by atoms with Crippen LogP contribution in [0, 0.1) is 5.92 Å². The summed E-state index contributed by atoms with van der Waals surface area (Å²) in [5.74, 6) is 1.51. The summed E-state index contributed by atoms with van der Waals surface area (Å²) in [5, 5.41) is 0. The lowest BCUT2D eigenvalue weighted by Gasteiger charge is -2.41. The Hall–Kier alpha value is -2.53. The highest BCUT2D eigenvalue weighted by Crippen LogP contribution is 2.36. The molecule has 1 fully saturated rings. The van der Waals surface area contributed by atoms with Crippen LogP contribution in [-0.2, 0) is 22.6 Å². The van der Waals surface area contributed by atoms with Gasteiger partial charge in [0.15, 0.2) is 11.5 Å². The van der Waals surface area contributed by atoms with E-state index in [-0.39, 0.29) is 17.9 Å².